The zero-order chi connectivity index (χ0) is 14.0. The highest BCUT2D eigenvalue weighted by atomic mass is 79.9. The number of nitrogens with one attached hydrogen (secondary N) is 2. The van der Waals surface area contributed by atoms with Gasteiger partial charge in [0.1, 0.15) is 5.69 Å². The largest absolute Gasteiger partial charge is 0.336 e. The van der Waals surface area contributed by atoms with Crippen molar-refractivity contribution in [3.8, 4) is 0 Å². The highest BCUT2D eigenvalue weighted by Gasteiger charge is 2.18. The number of nitrogens with zero attached hydrogens (tertiary/aromatic N) is 2. The van der Waals surface area contributed by atoms with E-state index in [0.29, 0.717) is 11.1 Å². The van der Waals surface area contributed by atoms with E-state index in [9.17, 15) is 13.2 Å². The van der Waals surface area contributed by atoms with E-state index in [1.54, 1.807) is 4.57 Å². The molecule has 0 bridgehead atoms. The molecule has 0 amide bonds. The average molecular weight is 347 g/mol. The summed E-state index contributed by atoms with van der Waals surface area (Å²) >= 11 is 3.09. The van der Waals surface area contributed by atoms with E-state index in [2.05, 4.69) is 30.6 Å². The molecule has 0 aliphatic rings. The molecule has 0 fully saturated rings. The first-order chi connectivity index (χ1) is 8.92. The first-order valence-corrected chi connectivity index (χ1v) is 7.63. The lowest BCUT2D eigenvalue weighted by atomic mass is 10.4. The fourth-order valence-electron chi connectivity index (χ4n) is 1.38. The van der Waals surface area contributed by atoms with Crippen LogP contribution in [0.3, 0.4) is 0 Å². The molecular formula is C10H11BrN4O3S. The summed E-state index contributed by atoms with van der Waals surface area (Å²) in [5.41, 5.74) is -0.595. The van der Waals surface area contributed by atoms with Gasteiger partial charge in [0.2, 0.25) is 0 Å². The van der Waals surface area contributed by atoms with E-state index in [1.165, 1.54) is 24.7 Å². The maximum Gasteiger partial charge on any atom is 0.281 e. The second kappa shape index (κ2) is 5.17. The minimum absolute atomic E-state index is 0.0609. The Balaban J connectivity index is 2.33. The van der Waals surface area contributed by atoms with E-state index >= 15 is 0 Å². The van der Waals surface area contributed by atoms with E-state index in [1.807, 2.05) is 6.92 Å². The molecule has 0 radical (unpaired) electrons. The molecule has 19 heavy (non-hydrogen) atoms. The van der Waals surface area contributed by atoms with Crippen LogP contribution < -0.4 is 10.3 Å². The normalized spacial score (nSPS) is 11.5. The third-order valence-corrected chi connectivity index (χ3v) is 4.08. The van der Waals surface area contributed by atoms with Crippen molar-refractivity contribution < 1.29 is 8.42 Å². The van der Waals surface area contributed by atoms with Crippen molar-refractivity contribution in [1.82, 2.24) is 14.5 Å². The molecule has 9 heteroatoms. The number of anilines is 1. The Bertz CT molecular complexity index is 750. The van der Waals surface area contributed by atoms with Gasteiger partial charge in [-0.2, -0.15) is 8.42 Å². The third-order valence-electron chi connectivity index (χ3n) is 2.37. The molecular weight excluding hydrogens is 336 g/mol. The molecule has 2 N–H and O–H groups in total. The molecule has 0 aliphatic heterocycles. The molecule has 2 aromatic heterocycles. The van der Waals surface area contributed by atoms with Crippen molar-refractivity contribution in [2.75, 3.05) is 4.72 Å². The van der Waals surface area contributed by atoms with E-state index in [-0.39, 0.29) is 10.7 Å². The standard InChI is InChI=1S/C10H11BrN4O3S/c1-2-15-5-9(12-6-15)19(17,18)14-7-3-4-8(11)13-10(7)16/h3-6,14H,2H2,1H3,(H,13,16). The highest BCUT2D eigenvalue weighted by Crippen LogP contribution is 2.12. The predicted octanol–water partition coefficient (Wildman–Crippen LogP) is 1.15. The zero-order valence-electron chi connectivity index (χ0n) is 9.92. The fourth-order valence-corrected chi connectivity index (χ4v) is 2.71. The zero-order valence-corrected chi connectivity index (χ0v) is 12.3. The molecule has 2 rings (SSSR count). The van der Waals surface area contributed by atoms with Gasteiger partial charge in [-0.25, -0.2) is 4.98 Å². The molecule has 0 atom stereocenters. The van der Waals surface area contributed by atoms with Crippen LogP contribution in [0, 0.1) is 0 Å². The Morgan fingerprint density at radius 2 is 2.21 bits per heavy atom. The first kappa shape index (κ1) is 13.8. The van der Waals surface area contributed by atoms with Gasteiger partial charge in [-0.15, -0.1) is 0 Å². The number of aromatic nitrogens is 3. The third kappa shape index (κ3) is 3.04. The Hall–Kier alpha value is -1.61. The van der Waals surface area contributed by atoms with Crippen LogP contribution in [0.25, 0.3) is 0 Å². The molecule has 0 unspecified atom stereocenters. The summed E-state index contributed by atoms with van der Waals surface area (Å²) in [7, 11) is -3.86. The second-order valence-corrected chi connectivity index (χ2v) is 6.18. The molecule has 102 valence electrons. The molecule has 0 aliphatic carbocycles. The summed E-state index contributed by atoms with van der Waals surface area (Å²) < 4.78 is 28.3. The Morgan fingerprint density at radius 3 is 2.79 bits per heavy atom. The van der Waals surface area contributed by atoms with Crippen LogP contribution in [0.2, 0.25) is 0 Å². The minimum Gasteiger partial charge on any atom is -0.336 e. The van der Waals surface area contributed by atoms with Gasteiger partial charge in [0.15, 0.2) is 5.03 Å². The van der Waals surface area contributed by atoms with Gasteiger partial charge in [0.05, 0.1) is 10.9 Å². The van der Waals surface area contributed by atoms with Crippen molar-refractivity contribution in [3.63, 3.8) is 0 Å². The molecule has 0 aromatic carbocycles. The molecule has 0 spiro atoms. The quantitative estimate of drug-likeness (QED) is 0.811. The van der Waals surface area contributed by atoms with Crippen LogP contribution in [0.1, 0.15) is 6.92 Å². The maximum atomic E-state index is 12.0. The number of imidazole rings is 1. The van der Waals surface area contributed by atoms with Crippen LogP contribution in [0.5, 0.6) is 0 Å². The van der Waals surface area contributed by atoms with Crippen molar-refractivity contribution in [2.45, 2.75) is 18.5 Å². The van der Waals surface area contributed by atoms with Crippen molar-refractivity contribution in [1.29, 1.82) is 0 Å². The lowest BCUT2D eigenvalue weighted by molar-refractivity contribution is 0.598. The number of halogens is 1. The Kier molecular flexibility index (Phi) is 3.76. The lowest BCUT2D eigenvalue weighted by Crippen LogP contribution is -2.20. The van der Waals surface area contributed by atoms with Gasteiger partial charge >= 0.3 is 0 Å². The summed E-state index contributed by atoms with van der Waals surface area (Å²) in [5, 5.41) is -0.128. The topological polar surface area (TPSA) is 96.8 Å². The Morgan fingerprint density at radius 1 is 1.47 bits per heavy atom. The van der Waals surface area contributed by atoms with Crippen LogP contribution in [0.15, 0.2) is 39.1 Å². The van der Waals surface area contributed by atoms with Crippen LogP contribution in [-0.2, 0) is 16.6 Å². The number of aromatic amines is 1. The van der Waals surface area contributed by atoms with Gasteiger partial charge in [0, 0.05) is 12.7 Å². The summed E-state index contributed by atoms with van der Waals surface area (Å²) in [6, 6.07) is 2.90. The summed E-state index contributed by atoms with van der Waals surface area (Å²) in [6.07, 6.45) is 2.82. The summed E-state index contributed by atoms with van der Waals surface area (Å²) in [5.74, 6) is 0. The number of aryl methyl sites for hydroxylation is 1. The number of sulfonamides is 1. The van der Waals surface area contributed by atoms with Crippen LogP contribution in [-0.4, -0.2) is 23.0 Å². The lowest BCUT2D eigenvalue weighted by Gasteiger charge is -2.04. The number of pyridine rings is 1. The monoisotopic (exact) mass is 346 g/mol. The molecule has 2 heterocycles. The number of hydrogen-bond acceptors (Lipinski definition) is 4. The number of rotatable bonds is 4. The SMILES string of the molecule is CCn1cnc(S(=O)(=O)Nc2ccc(Br)[nH]c2=O)c1. The van der Waals surface area contributed by atoms with Crippen LogP contribution in [0.4, 0.5) is 5.69 Å². The summed E-state index contributed by atoms with van der Waals surface area (Å²) in [4.78, 5) is 17.8. The smallest absolute Gasteiger partial charge is 0.281 e. The second-order valence-electron chi connectivity index (χ2n) is 3.70. The maximum absolute atomic E-state index is 12.0. The fraction of sp³-hybridized carbons (Fsp3) is 0.200. The van der Waals surface area contributed by atoms with Crippen molar-refractivity contribution in [2.24, 2.45) is 0 Å². The summed E-state index contributed by atoms with van der Waals surface area (Å²) in [6.45, 7) is 2.48. The molecule has 0 saturated carbocycles. The van der Waals surface area contributed by atoms with Crippen LogP contribution >= 0.6 is 15.9 Å². The number of hydrogen-bond donors (Lipinski definition) is 2. The average Bonchev–Trinajstić information content (AvgIpc) is 2.82. The van der Waals surface area contributed by atoms with Crippen molar-refractivity contribution >= 4 is 31.6 Å². The van der Waals surface area contributed by atoms with Gasteiger partial charge in [-0.1, -0.05) is 0 Å². The van der Waals surface area contributed by atoms with Gasteiger partial charge in [-0.3, -0.25) is 9.52 Å². The van der Waals surface area contributed by atoms with E-state index in [0.717, 1.165) is 0 Å². The molecule has 7 nitrogen and oxygen atoms in total. The van der Waals surface area contributed by atoms with E-state index in [4.69, 9.17) is 0 Å². The highest BCUT2D eigenvalue weighted by molar-refractivity contribution is 9.10. The van der Waals surface area contributed by atoms with Gasteiger partial charge in [-0.05, 0) is 35.0 Å². The van der Waals surface area contributed by atoms with Crippen molar-refractivity contribution in [3.05, 3.63) is 39.6 Å². The first-order valence-electron chi connectivity index (χ1n) is 5.36. The van der Waals surface area contributed by atoms with Gasteiger partial charge in [0.25, 0.3) is 15.6 Å². The predicted molar refractivity (Wildman–Crippen MR) is 73.5 cm³/mol. The minimum atomic E-state index is -3.86. The number of H-pyrrole nitrogens is 1. The Labute approximate surface area is 117 Å². The van der Waals surface area contributed by atoms with E-state index < -0.39 is 15.6 Å². The molecule has 2 aromatic rings. The van der Waals surface area contributed by atoms with Gasteiger partial charge < -0.3 is 9.55 Å². The molecule has 0 saturated heterocycles.